The minimum atomic E-state index is -0.0217. The van der Waals surface area contributed by atoms with Crippen LogP contribution >= 0.6 is 11.6 Å². The van der Waals surface area contributed by atoms with E-state index >= 15 is 0 Å². The third-order valence-electron chi connectivity index (χ3n) is 5.93. The lowest BCUT2D eigenvalue weighted by Crippen LogP contribution is -2.53. The number of hydrogen-bond donors (Lipinski definition) is 1. The molecular formula is C27H32ClN5O2. The van der Waals surface area contributed by atoms with Crippen LogP contribution in [-0.2, 0) is 17.8 Å². The minimum absolute atomic E-state index is 0.0217. The summed E-state index contributed by atoms with van der Waals surface area (Å²) in [4.78, 5) is 26.6. The monoisotopic (exact) mass is 493 g/mol. The Morgan fingerprint density at radius 3 is 2.46 bits per heavy atom. The van der Waals surface area contributed by atoms with E-state index < -0.39 is 0 Å². The lowest BCUT2D eigenvalue weighted by Gasteiger charge is -2.37. The topological polar surface area (TPSA) is 70.6 Å². The highest BCUT2D eigenvalue weighted by Gasteiger charge is 2.26. The van der Waals surface area contributed by atoms with Gasteiger partial charge in [-0.15, -0.1) is 0 Å². The quantitative estimate of drug-likeness (QED) is 0.513. The van der Waals surface area contributed by atoms with Gasteiger partial charge in [0.1, 0.15) is 5.82 Å². The van der Waals surface area contributed by atoms with Crippen molar-refractivity contribution < 1.29 is 9.53 Å². The molecule has 0 aliphatic carbocycles. The standard InChI is InChI=1S/C27H32ClN5O2/c1-19(2)29-27(34)33-14-12-32(13-15-33)26-23(17-20-8-7-11-22(28)16-20)24(18-35-3)30-25(31-26)21-9-5-4-6-10-21/h4-11,16,19H,12-15,17-18H2,1-3H3,(H,29,34). The van der Waals surface area contributed by atoms with Gasteiger partial charge >= 0.3 is 6.03 Å². The molecule has 0 saturated carbocycles. The minimum Gasteiger partial charge on any atom is -0.378 e. The number of aromatic nitrogens is 2. The molecule has 7 nitrogen and oxygen atoms in total. The number of carbonyl (C=O) groups excluding carboxylic acids is 1. The molecule has 0 radical (unpaired) electrons. The summed E-state index contributed by atoms with van der Waals surface area (Å²) in [7, 11) is 1.68. The Morgan fingerprint density at radius 2 is 1.80 bits per heavy atom. The number of nitrogens with zero attached hydrogens (tertiary/aromatic N) is 4. The van der Waals surface area contributed by atoms with E-state index in [2.05, 4.69) is 16.3 Å². The van der Waals surface area contributed by atoms with Gasteiger partial charge in [-0.25, -0.2) is 14.8 Å². The number of nitrogens with one attached hydrogen (secondary N) is 1. The summed E-state index contributed by atoms with van der Waals surface area (Å²) in [5, 5.41) is 3.68. The Hall–Kier alpha value is -3.16. The molecule has 0 spiro atoms. The van der Waals surface area contributed by atoms with Crippen LogP contribution in [0.2, 0.25) is 5.02 Å². The van der Waals surface area contributed by atoms with E-state index in [9.17, 15) is 4.79 Å². The van der Waals surface area contributed by atoms with Crippen molar-refractivity contribution in [3.63, 3.8) is 0 Å². The number of piperazine rings is 1. The second kappa shape index (κ2) is 11.5. The van der Waals surface area contributed by atoms with Gasteiger partial charge in [0.2, 0.25) is 0 Å². The summed E-state index contributed by atoms with van der Waals surface area (Å²) in [5.74, 6) is 1.55. The van der Waals surface area contributed by atoms with Crippen molar-refractivity contribution in [3.05, 3.63) is 76.4 Å². The van der Waals surface area contributed by atoms with Gasteiger partial charge in [0, 0.05) is 61.9 Å². The SMILES string of the molecule is COCc1nc(-c2ccccc2)nc(N2CCN(C(=O)NC(C)C)CC2)c1Cc1cccc(Cl)c1. The second-order valence-corrected chi connectivity index (χ2v) is 9.42. The number of anilines is 1. The predicted octanol–water partition coefficient (Wildman–Crippen LogP) is 4.77. The van der Waals surface area contributed by atoms with E-state index in [4.69, 9.17) is 26.3 Å². The summed E-state index contributed by atoms with van der Waals surface area (Å²) in [6.45, 7) is 6.94. The molecule has 0 atom stereocenters. The van der Waals surface area contributed by atoms with Gasteiger partial charge in [0.15, 0.2) is 5.82 Å². The van der Waals surface area contributed by atoms with Crippen LogP contribution in [0.1, 0.15) is 30.7 Å². The lowest BCUT2D eigenvalue weighted by molar-refractivity contribution is 0.180. The second-order valence-electron chi connectivity index (χ2n) is 8.98. The van der Waals surface area contributed by atoms with Crippen LogP contribution in [0.15, 0.2) is 54.6 Å². The van der Waals surface area contributed by atoms with Crippen LogP contribution < -0.4 is 10.2 Å². The van der Waals surface area contributed by atoms with E-state index in [1.807, 2.05) is 67.3 Å². The van der Waals surface area contributed by atoms with Crippen molar-refractivity contribution in [2.24, 2.45) is 0 Å². The Morgan fingerprint density at radius 1 is 1.06 bits per heavy atom. The zero-order chi connectivity index (χ0) is 24.8. The van der Waals surface area contributed by atoms with E-state index in [1.165, 1.54) is 0 Å². The Kier molecular flexibility index (Phi) is 8.21. The molecule has 35 heavy (non-hydrogen) atoms. The number of ether oxygens (including phenoxy) is 1. The largest absolute Gasteiger partial charge is 0.378 e. The van der Waals surface area contributed by atoms with Gasteiger partial charge in [-0.1, -0.05) is 54.1 Å². The van der Waals surface area contributed by atoms with Gasteiger partial charge in [-0.2, -0.15) is 0 Å². The maximum absolute atomic E-state index is 12.5. The molecule has 1 saturated heterocycles. The van der Waals surface area contributed by atoms with Crippen molar-refractivity contribution >= 4 is 23.4 Å². The van der Waals surface area contributed by atoms with Gasteiger partial charge < -0.3 is 19.9 Å². The Balaban J connectivity index is 1.71. The molecule has 2 heterocycles. The summed E-state index contributed by atoms with van der Waals surface area (Å²) in [5.41, 5.74) is 3.92. The number of hydrogen-bond acceptors (Lipinski definition) is 5. The fourth-order valence-corrected chi connectivity index (χ4v) is 4.46. The van der Waals surface area contributed by atoms with E-state index in [0.717, 1.165) is 28.2 Å². The summed E-state index contributed by atoms with van der Waals surface area (Å²) < 4.78 is 5.55. The van der Waals surface area contributed by atoms with Crippen molar-refractivity contribution in [1.82, 2.24) is 20.2 Å². The molecule has 1 fully saturated rings. The third-order valence-corrected chi connectivity index (χ3v) is 6.17. The first-order valence-electron chi connectivity index (χ1n) is 11.9. The molecule has 2 amide bonds. The first-order chi connectivity index (χ1) is 16.9. The molecule has 1 aromatic heterocycles. The summed E-state index contributed by atoms with van der Waals surface area (Å²) in [6, 6.07) is 17.9. The number of halogens is 1. The molecule has 0 bridgehead atoms. The molecule has 4 rings (SSSR count). The van der Waals surface area contributed by atoms with Crippen molar-refractivity contribution in [3.8, 4) is 11.4 Å². The first-order valence-corrected chi connectivity index (χ1v) is 12.3. The molecule has 1 aliphatic heterocycles. The number of rotatable bonds is 7. The number of carbonyl (C=O) groups is 1. The van der Waals surface area contributed by atoms with Crippen molar-refractivity contribution in [2.45, 2.75) is 32.9 Å². The predicted molar refractivity (Wildman–Crippen MR) is 140 cm³/mol. The lowest BCUT2D eigenvalue weighted by atomic mass is 10.0. The summed E-state index contributed by atoms with van der Waals surface area (Å²) in [6.07, 6.45) is 0.637. The molecule has 1 aliphatic rings. The van der Waals surface area contributed by atoms with Crippen LogP contribution in [0, 0.1) is 0 Å². The van der Waals surface area contributed by atoms with E-state index in [0.29, 0.717) is 50.1 Å². The number of benzene rings is 2. The third kappa shape index (κ3) is 6.29. The molecule has 2 aromatic carbocycles. The number of methoxy groups -OCH3 is 1. The van der Waals surface area contributed by atoms with Gasteiger partial charge in [0.25, 0.3) is 0 Å². The van der Waals surface area contributed by atoms with E-state index in [-0.39, 0.29) is 12.1 Å². The Bertz CT molecular complexity index is 1150. The molecule has 184 valence electrons. The van der Waals surface area contributed by atoms with Crippen molar-refractivity contribution in [1.29, 1.82) is 0 Å². The number of urea groups is 1. The first kappa shape index (κ1) is 24.9. The number of amides is 2. The zero-order valence-electron chi connectivity index (χ0n) is 20.5. The van der Waals surface area contributed by atoms with Crippen LogP contribution in [-0.4, -0.2) is 60.2 Å². The maximum Gasteiger partial charge on any atom is 0.317 e. The van der Waals surface area contributed by atoms with Gasteiger partial charge in [-0.05, 0) is 31.5 Å². The van der Waals surface area contributed by atoms with E-state index in [1.54, 1.807) is 7.11 Å². The molecule has 8 heteroatoms. The Labute approximate surface area is 212 Å². The maximum atomic E-state index is 12.5. The van der Waals surface area contributed by atoms with Crippen LogP contribution in [0.4, 0.5) is 10.6 Å². The van der Waals surface area contributed by atoms with Crippen LogP contribution in [0.25, 0.3) is 11.4 Å². The highest BCUT2D eigenvalue weighted by Crippen LogP contribution is 2.29. The van der Waals surface area contributed by atoms with Gasteiger partial charge in [0.05, 0.1) is 12.3 Å². The van der Waals surface area contributed by atoms with Crippen LogP contribution in [0.3, 0.4) is 0 Å². The summed E-state index contributed by atoms with van der Waals surface area (Å²) >= 11 is 6.28. The average molecular weight is 494 g/mol. The fraction of sp³-hybridized carbons (Fsp3) is 0.370. The molecule has 0 unspecified atom stereocenters. The fourth-order valence-electron chi connectivity index (χ4n) is 4.24. The smallest absolute Gasteiger partial charge is 0.317 e. The molecule has 3 aromatic rings. The molecular weight excluding hydrogens is 462 g/mol. The zero-order valence-corrected chi connectivity index (χ0v) is 21.3. The highest BCUT2D eigenvalue weighted by atomic mass is 35.5. The van der Waals surface area contributed by atoms with Gasteiger partial charge in [-0.3, -0.25) is 0 Å². The average Bonchev–Trinajstić information content (AvgIpc) is 2.85. The normalized spacial score (nSPS) is 13.9. The van der Waals surface area contributed by atoms with Crippen molar-refractivity contribution in [2.75, 3.05) is 38.2 Å². The van der Waals surface area contributed by atoms with Crippen LogP contribution in [0.5, 0.6) is 0 Å². The molecule has 1 N–H and O–H groups in total. The highest BCUT2D eigenvalue weighted by molar-refractivity contribution is 6.30.